The minimum Gasteiger partial charge on any atom is -0.363 e. The van der Waals surface area contributed by atoms with Crippen molar-refractivity contribution < 1.29 is 22.0 Å². The fraction of sp³-hybridized carbons (Fsp3) is 0.435. The van der Waals surface area contributed by atoms with Crippen molar-refractivity contribution in [3.8, 4) is 0 Å². The summed E-state index contributed by atoms with van der Waals surface area (Å²) < 4.78 is 68.4. The van der Waals surface area contributed by atoms with Gasteiger partial charge in [0.15, 0.2) is 5.82 Å². The number of hydrogen-bond acceptors (Lipinski definition) is 6. The van der Waals surface area contributed by atoms with E-state index in [1.54, 1.807) is 30.9 Å². The SMILES string of the molecule is Cc1c([C@@H](C)Nc2nnc(C)c3ncc(N4CCNCC(F)(F)C4)cc23)cccc1C(F)(F)F. The van der Waals surface area contributed by atoms with Crippen LogP contribution in [-0.2, 0) is 6.18 Å². The Morgan fingerprint density at radius 3 is 2.68 bits per heavy atom. The number of hydrogen-bond donors (Lipinski definition) is 2. The molecule has 11 heteroatoms. The number of fused-ring (bicyclic) bond motifs is 1. The van der Waals surface area contributed by atoms with Crippen LogP contribution in [0, 0.1) is 13.8 Å². The van der Waals surface area contributed by atoms with Crippen LogP contribution in [0.3, 0.4) is 0 Å². The van der Waals surface area contributed by atoms with E-state index in [-0.39, 0.29) is 5.56 Å². The molecule has 0 radical (unpaired) electrons. The van der Waals surface area contributed by atoms with Crippen molar-refractivity contribution in [3.63, 3.8) is 0 Å². The molecule has 0 bridgehead atoms. The highest BCUT2D eigenvalue weighted by Crippen LogP contribution is 2.36. The van der Waals surface area contributed by atoms with Crippen molar-refractivity contribution in [1.82, 2.24) is 20.5 Å². The molecule has 0 spiro atoms. The molecule has 3 aromatic rings. The van der Waals surface area contributed by atoms with Gasteiger partial charge in [0.05, 0.1) is 47.8 Å². The lowest BCUT2D eigenvalue weighted by molar-refractivity contribution is -0.138. The Labute approximate surface area is 193 Å². The molecule has 0 saturated carbocycles. The summed E-state index contributed by atoms with van der Waals surface area (Å²) in [7, 11) is 0. The zero-order valence-corrected chi connectivity index (χ0v) is 19.0. The van der Waals surface area contributed by atoms with Crippen molar-refractivity contribution in [2.24, 2.45) is 0 Å². The Hall–Kier alpha value is -3.08. The van der Waals surface area contributed by atoms with Crippen molar-refractivity contribution >= 4 is 22.4 Å². The number of aromatic nitrogens is 3. The zero-order chi connectivity index (χ0) is 24.7. The van der Waals surface area contributed by atoms with Gasteiger partial charge in [-0.15, -0.1) is 5.10 Å². The highest BCUT2D eigenvalue weighted by Gasteiger charge is 2.34. The highest BCUT2D eigenvalue weighted by atomic mass is 19.4. The smallest absolute Gasteiger partial charge is 0.363 e. The monoisotopic (exact) mass is 480 g/mol. The number of pyridine rings is 1. The van der Waals surface area contributed by atoms with E-state index >= 15 is 0 Å². The van der Waals surface area contributed by atoms with Crippen LogP contribution in [0.25, 0.3) is 10.9 Å². The standard InChI is InChI=1S/C23H25F5N6/c1-13-17(5-4-6-19(13)23(26,27)28)14(2)31-21-18-9-16(10-30-20(18)15(3)32-33-21)34-8-7-29-11-22(24,25)12-34/h4-6,9-10,14,29H,7-8,11-12H2,1-3H3,(H,31,33)/t14-/m1/s1. The first kappa shape index (κ1) is 24.1. The lowest BCUT2D eigenvalue weighted by Gasteiger charge is -2.26. The summed E-state index contributed by atoms with van der Waals surface area (Å²) in [6, 6.07) is 5.24. The van der Waals surface area contributed by atoms with E-state index in [4.69, 9.17) is 0 Å². The van der Waals surface area contributed by atoms with Gasteiger partial charge in [-0.3, -0.25) is 4.98 Å². The quantitative estimate of drug-likeness (QED) is 0.519. The molecule has 6 nitrogen and oxygen atoms in total. The minimum atomic E-state index is -4.46. The van der Waals surface area contributed by atoms with Crippen molar-refractivity contribution in [2.75, 3.05) is 36.4 Å². The average molecular weight is 480 g/mol. The molecular weight excluding hydrogens is 455 g/mol. The molecule has 2 N–H and O–H groups in total. The molecule has 0 aliphatic carbocycles. The van der Waals surface area contributed by atoms with Gasteiger partial charge in [-0.2, -0.15) is 18.3 Å². The van der Waals surface area contributed by atoms with Gasteiger partial charge in [0, 0.05) is 18.5 Å². The molecule has 34 heavy (non-hydrogen) atoms. The molecule has 4 rings (SSSR count). The van der Waals surface area contributed by atoms with Gasteiger partial charge in [0.1, 0.15) is 0 Å². The predicted molar refractivity (Wildman–Crippen MR) is 120 cm³/mol. The number of benzene rings is 1. The minimum absolute atomic E-state index is 0.123. The second kappa shape index (κ2) is 8.94. The van der Waals surface area contributed by atoms with Gasteiger partial charge < -0.3 is 15.5 Å². The first-order chi connectivity index (χ1) is 16.0. The zero-order valence-electron chi connectivity index (χ0n) is 19.0. The summed E-state index contributed by atoms with van der Waals surface area (Å²) in [5.74, 6) is -2.58. The molecule has 1 atom stereocenters. The molecule has 182 valence electrons. The Balaban J connectivity index is 1.71. The van der Waals surface area contributed by atoms with E-state index in [0.717, 1.165) is 6.07 Å². The maximum atomic E-state index is 14.1. The van der Waals surface area contributed by atoms with E-state index in [2.05, 4.69) is 25.8 Å². The molecule has 1 aliphatic heterocycles. The van der Waals surface area contributed by atoms with E-state index in [9.17, 15) is 22.0 Å². The van der Waals surface area contributed by atoms with Gasteiger partial charge in [-0.25, -0.2) is 8.78 Å². The molecule has 3 heterocycles. The summed E-state index contributed by atoms with van der Waals surface area (Å²) >= 11 is 0. The number of nitrogens with zero attached hydrogens (tertiary/aromatic N) is 4. The third-order valence-corrected chi connectivity index (χ3v) is 6.00. The molecule has 1 fully saturated rings. The second-order valence-electron chi connectivity index (χ2n) is 8.56. The van der Waals surface area contributed by atoms with Gasteiger partial charge in [0.25, 0.3) is 5.92 Å². The number of aryl methyl sites for hydroxylation is 1. The van der Waals surface area contributed by atoms with Crippen molar-refractivity contribution in [3.05, 3.63) is 52.8 Å². The van der Waals surface area contributed by atoms with Crippen LogP contribution in [0.5, 0.6) is 0 Å². The molecule has 0 unspecified atom stereocenters. The van der Waals surface area contributed by atoms with Crippen molar-refractivity contribution in [1.29, 1.82) is 0 Å². The largest absolute Gasteiger partial charge is 0.416 e. The van der Waals surface area contributed by atoms with Crippen LogP contribution in [-0.4, -0.2) is 47.3 Å². The van der Waals surface area contributed by atoms with Gasteiger partial charge in [-0.1, -0.05) is 12.1 Å². The fourth-order valence-electron chi connectivity index (χ4n) is 4.26. The summed E-state index contributed by atoms with van der Waals surface area (Å²) in [5, 5.41) is 14.8. The Kier molecular flexibility index (Phi) is 6.32. The lowest BCUT2D eigenvalue weighted by atomic mass is 9.97. The summed E-state index contributed by atoms with van der Waals surface area (Å²) in [6.07, 6.45) is -2.93. The number of alkyl halides is 5. The molecule has 0 amide bonds. The third kappa shape index (κ3) is 4.89. The molecular formula is C23H25F5N6. The van der Waals surface area contributed by atoms with E-state index in [1.807, 2.05) is 0 Å². The van der Waals surface area contributed by atoms with Gasteiger partial charge in [0.2, 0.25) is 0 Å². The van der Waals surface area contributed by atoms with Crippen LogP contribution in [0.4, 0.5) is 33.5 Å². The van der Waals surface area contributed by atoms with Crippen LogP contribution >= 0.6 is 0 Å². The maximum Gasteiger partial charge on any atom is 0.416 e. The highest BCUT2D eigenvalue weighted by molar-refractivity contribution is 5.92. The van der Waals surface area contributed by atoms with Crippen LogP contribution < -0.4 is 15.5 Å². The number of rotatable bonds is 4. The number of nitrogens with one attached hydrogen (secondary N) is 2. The van der Waals surface area contributed by atoms with E-state index in [0.29, 0.717) is 46.8 Å². The first-order valence-electron chi connectivity index (χ1n) is 10.9. The van der Waals surface area contributed by atoms with E-state index in [1.165, 1.54) is 19.2 Å². The summed E-state index contributed by atoms with van der Waals surface area (Å²) in [5.41, 5.74) is 1.49. The predicted octanol–water partition coefficient (Wildman–Crippen LogP) is 4.88. The number of anilines is 2. The molecule has 1 saturated heterocycles. The molecule has 1 aliphatic rings. The van der Waals surface area contributed by atoms with Crippen LogP contribution in [0.15, 0.2) is 30.5 Å². The van der Waals surface area contributed by atoms with Gasteiger partial charge >= 0.3 is 6.18 Å². The summed E-state index contributed by atoms with van der Waals surface area (Å²) in [6.45, 7) is 4.83. The Bertz CT molecular complexity index is 1200. The van der Waals surface area contributed by atoms with Crippen LogP contribution in [0.2, 0.25) is 0 Å². The molecule has 1 aromatic carbocycles. The lowest BCUT2D eigenvalue weighted by Crippen LogP contribution is -2.38. The van der Waals surface area contributed by atoms with Gasteiger partial charge in [-0.05, 0) is 44.0 Å². The topological polar surface area (TPSA) is 66.0 Å². The number of halogens is 5. The normalized spacial score (nSPS) is 17.5. The maximum absolute atomic E-state index is 14.1. The first-order valence-corrected chi connectivity index (χ1v) is 10.9. The van der Waals surface area contributed by atoms with Crippen LogP contribution in [0.1, 0.15) is 35.3 Å². The second-order valence-corrected chi connectivity index (χ2v) is 8.56. The average Bonchev–Trinajstić information content (AvgIpc) is 2.95. The molecule has 2 aromatic heterocycles. The summed E-state index contributed by atoms with van der Waals surface area (Å²) in [4.78, 5) is 6.00. The third-order valence-electron chi connectivity index (χ3n) is 6.00. The van der Waals surface area contributed by atoms with Crippen molar-refractivity contribution in [2.45, 2.75) is 38.9 Å². The Morgan fingerprint density at radius 1 is 1.18 bits per heavy atom. The van der Waals surface area contributed by atoms with E-state index < -0.39 is 36.8 Å². The fourth-order valence-corrected chi connectivity index (χ4v) is 4.26. The Morgan fingerprint density at radius 2 is 1.94 bits per heavy atom.